The molecule has 1 aliphatic rings. The molecule has 21 heavy (non-hydrogen) atoms. The number of likely N-dealkylation sites (N-methyl/N-ethyl adjacent to an activating group) is 1. The van der Waals surface area contributed by atoms with E-state index in [1.54, 1.807) is 11.0 Å². The minimum Gasteiger partial charge on any atom is -0.460 e. The molecule has 2 aromatic rings. The Hall–Kier alpha value is -1.79. The Morgan fingerprint density at radius 1 is 1.48 bits per heavy atom. The Kier molecular flexibility index (Phi) is 4.69. The largest absolute Gasteiger partial charge is 0.460 e. The highest BCUT2D eigenvalue weighted by molar-refractivity contribution is 5.93. The number of aromatic nitrogens is 2. The molecule has 0 aromatic carbocycles. The zero-order chi connectivity index (χ0) is 14.1. The maximum absolute atomic E-state index is 12.4. The third-order valence-corrected chi connectivity index (χ3v) is 3.71. The fraction of sp³-hybridized carbons (Fsp3) is 0.429. The number of aryl methyl sites for hydroxylation is 1. The summed E-state index contributed by atoms with van der Waals surface area (Å²) in [7, 11) is 1.82. The molecule has 1 saturated heterocycles. The Morgan fingerprint density at radius 3 is 2.90 bits per heavy atom. The molecule has 1 fully saturated rings. The molecular weight excluding hydrogens is 292 g/mol. The van der Waals surface area contributed by atoms with Crippen LogP contribution in [0.15, 0.2) is 22.6 Å². The summed E-state index contributed by atoms with van der Waals surface area (Å²) in [6.45, 7) is 3.68. The van der Waals surface area contributed by atoms with Gasteiger partial charge in [0.15, 0.2) is 11.5 Å². The van der Waals surface area contributed by atoms with Gasteiger partial charge in [-0.1, -0.05) is 0 Å². The lowest BCUT2D eigenvalue weighted by Gasteiger charge is -2.22. The van der Waals surface area contributed by atoms with Crippen LogP contribution in [0.1, 0.15) is 22.7 Å². The number of halogens is 1. The van der Waals surface area contributed by atoms with Crippen LogP contribution in [0.2, 0.25) is 0 Å². The molecule has 3 heterocycles. The van der Waals surface area contributed by atoms with Gasteiger partial charge in [0.25, 0.3) is 5.91 Å². The van der Waals surface area contributed by atoms with Crippen molar-refractivity contribution >= 4 is 18.3 Å². The lowest BCUT2D eigenvalue weighted by Crippen LogP contribution is -2.38. The quantitative estimate of drug-likeness (QED) is 0.907. The normalized spacial score (nSPS) is 17.5. The van der Waals surface area contributed by atoms with Crippen molar-refractivity contribution in [2.24, 2.45) is 0 Å². The third kappa shape index (κ3) is 3.11. The number of hydrogen-bond acceptors (Lipinski definition) is 4. The second kappa shape index (κ2) is 6.32. The van der Waals surface area contributed by atoms with Crippen molar-refractivity contribution in [1.29, 1.82) is 0 Å². The first-order valence-electron chi connectivity index (χ1n) is 6.75. The highest BCUT2D eigenvalue weighted by Crippen LogP contribution is 2.21. The minimum absolute atomic E-state index is 0. The van der Waals surface area contributed by atoms with Gasteiger partial charge >= 0.3 is 0 Å². The third-order valence-electron chi connectivity index (χ3n) is 3.71. The number of nitrogens with one attached hydrogen (secondary N) is 2. The summed E-state index contributed by atoms with van der Waals surface area (Å²) < 4.78 is 5.52. The molecule has 3 rings (SSSR count). The molecule has 7 heteroatoms. The number of H-pyrrole nitrogens is 1. The Balaban J connectivity index is 0.00000161. The van der Waals surface area contributed by atoms with E-state index in [4.69, 9.17) is 4.42 Å². The summed E-state index contributed by atoms with van der Waals surface area (Å²) >= 11 is 0. The number of carbonyl (C=O) groups is 1. The van der Waals surface area contributed by atoms with Crippen molar-refractivity contribution in [3.8, 4) is 11.5 Å². The average Bonchev–Trinajstić information content (AvgIpc) is 3.17. The molecule has 114 valence electrons. The molecule has 1 amide bonds. The molecular formula is C14H19ClN4O2. The second-order valence-electron chi connectivity index (χ2n) is 5.14. The molecule has 0 radical (unpaired) electrons. The lowest BCUT2D eigenvalue weighted by atomic mass is 10.2. The summed E-state index contributed by atoms with van der Waals surface area (Å²) in [5.41, 5.74) is 1.14. The maximum atomic E-state index is 12.4. The van der Waals surface area contributed by atoms with E-state index in [9.17, 15) is 4.79 Å². The number of nitrogens with zero attached hydrogens (tertiary/aromatic N) is 2. The first-order chi connectivity index (χ1) is 9.65. The highest BCUT2D eigenvalue weighted by atomic mass is 35.5. The van der Waals surface area contributed by atoms with Crippen LogP contribution >= 0.6 is 12.4 Å². The van der Waals surface area contributed by atoms with Crippen molar-refractivity contribution in [2.75, 3.05) is 20.1 Å². The number of carbonyl (C=O) groups excluding carboxylic acids is 1. The molecule has 0 aliphatic carbocycles. The van der Waals surface area contributed by atoms with Gasteiger partial charge in [0, 0.05) is 25.7 Å². The molecule has 6 nitrogen and oxygen atoms in total. The molecule has 1 atom stereocenters. The van der Waals surface area contributed by atoms with E-state index in [0.29, 0.717) is 11.5 Å². The van der Waals surface area contributed by atoms with Crippen molar-refractivity contribution < 1.29 is 9.21 Å². The minimum atomic E-state index is -0.0653. The van der Waals surface area contributed by atoms with Gasteiger partial charge in [0.2, 0.25) is 0 Å². The van der Waals surface area contributed by atoms with Crippen molar-refractivity contribution in [2.45, 2.75) is 19.4 Å². The van der Waals surface area contributed by atoms with Gasteiger partial charge in [0.1, 0.15) is 11.5 Å². The van der Waals surface area contributed by atoms with Gasteiger partial charge in [-0.15, -0.1) is 12.4 Å². The van der Waals surface area contributed by atoms with Gasteiger partial charge < -0.3 is 14.6 Å². The summed E-state index contributed by atoms with van der Waals surface area (Å²) in [6, 6.07) is 5.73. The van der Waals surface area contributed by atoms with E-state index < -0.39 is 0 Å². The maximum Gasteiger partial charge on any atom is 0.274 e. The average molecular weight is 311 g/mol. The number of amides is 1. The summed E-state index contributed by atoms with van der Waals surface area (Å²) in [5, 5.41) is 10.2. The SMILES string of the molecule is Cc1ccc(-c2cc(C(=O)N(C)C3CCNC3)n[nH]2)o1.Cl. The second-order valence-corrected chi connectivity index (χ2v) is 5.14. The number of furan rings is 1. The van der Waals surface area contributed by atoms with Gasteiger partial charge in [0.05, 0.1) is 0 Å². The van der Waals surface area contributed by atoms with E-state index in [-0.39, 0.29) is 24.4 Å². The molecule has 0 bridgehead atoms. The smallest absolute Gasteiger partial charge is 0.274 e. The van der Waals surface area contributed by atoms with Crippen LogP contribution < -0.4 is 5.32 Å². The summed E-state index contributed by atoms with van der Waals surface area (Å²) in [6.07, 6.45) is 0.983. The topological polar surface area (TPSA) is 74.2 Å². The van der Waals surface area contributed by atoms with E-state index in [1.165, 1.54) is 0 Å². The summed E-state index contributed by atoms with van der Waals surface area (Å²) in [5.74, 6) is 1.46. The van der Waals surface area contributed by atoms with Crippen LogP contribution in [-0.4, -0.2) is 47.2 Å². The zero-order valence-electron chi connectivity index (χ0n) is 12.0. The van der Waals surface area contributed by atoms with Crippen LogP contribution in [0.25, 0.3) is 11.5 Å². The number of hydrogen-bond donors (Lipinski definition) is 2. The van der Waals surface area contributed by atoms with E-state index in [1.807, 2.05) is 26.1 Å². The van der Waals surface area contributed by atoms with Crippen LogP contribution in [0.4, 0.5) is 0 Å². The van der Waals surface area contributed by atoms with Gasteiger partial charge in [-0.3, -0.25) is 9.89 Å². The molecule has 2 N–H and O–H groups in total. The van der Waals surface area contributed by atoms with Gasteiger partial charge in [-0.05, 0) is 32.0 Å². The van der Waals surface area contributed by atoms with Crippen LogP contribution in [0.3, 0.4) is 0 Å². The Labute approximate surface area is 129 Å². The Morgan fingerprint density at radius 2 is 2.29 bits per heavy atom. The molecule has 2 aromatic heterocycles. The molecule has 0 saturated carbocycles. The van der Waals surface area contributed by atoms with Crippen molar-refractivity contribution in [3.63, 3.8) is 0 Å². The number of rotatable bonds is 3. The monoisotopic (exact) mass is 310 g/mol. The molecule has 1 aliphatic heterocycles. The predicted molar refractivity (Wildman–Crippen MR) is 81.6 cm³/mol. The lowest BCUT2D eigenvalue weighted by molar-refractivity contribution is 0.0738. The van der Waals surface area contributed by atoms with E-state index >= 15 is 0 Å². The zero-order valence-corrected chi connectivity index (χ0v) is 12.9. The molecule has 1 unspecified atom stereocenters. The first-order valence-corrected chi connectivity index (χ1v) is 6.75. The van der Waals surface area contributed by atoms with Gasteiger partial charge in [-0.2, -0.15) is 5.10 Å². The van der Waals surface area contributed by atoms with Crippen LogP contribution in [0, 0.1) is 6.92 Å². The van der Waals surface area contributed by atoms with Crippen molar-refractivity contribution in [3.05, 3.63) is 29.7 Å². The fourth-order valence-corrected chi connectivity index (χ4v) is 2.45. The fourth-order valence-electron chi connectivity index (χ4n) is 2.45. The predicted octanol–water partition coefficient (Wildman–Crippen LogP) is 1.83. The highest BCUT2D eigenvalue weighted by Gasteiger charge is 2.25. The number of aromatic amines is 1. The van der Waals surface area contributed by atoms with Gasteiger partial charge in [-0.25, -0.2) is 0 Å². The van der Waals surface area contributed by atoms with Crippen LogP contribution in [-0.2, 0) is 0 Å². The van der Waals surface area contributed by atoms with Crippen molar-refractivity contribution in [1.82, 2.24) is 20.4 Å². The standard InChI is InChI=1S/C14H18N4O2.ClH/c1-9-3-4-13(20-9)11-7-12(17-16-11)14(19)18(2)10-5-6-15-8-10;/h3-4,7,10,15H,5-6,8H2,1-2H3,(H,16,17);1H. The Bertz CT molecular complexity index is 616. The first kappa shape index (κ1) is 15.6. The molecule has 0 spiro atoms. The van der Waals surface area contributed by atoms with E-state index in [0.717, 1.165) is 31.0 Å². The van der Waals surface area contributed by atoms with Crippen LogP contribution in [0.5, 0.6) is 0 Å². The summed E-state index contributed by atoms with van der Waals surface area (Å²) in [4.78, 5) is 14.1. The van der Waals surface area contributed by atoms with E-state index in [2.05, 4.69) is 15.5 Å².